The topological polar surface area (TPSA) is 105 Å². The van der Waals surface area contributed by atoms with Crippen molar-refractivity contribution < 1.29 is 14.4 Å². The van der Waals surface area contributed by atoms with Crippen LogP contribution in [0.4, 0.5) is 0 Å². The number of nitrogens with zero attached hydrogens (tertiary/aromatic N) is 1. The van der Waals surface area contributed by atoms with Crippen molar-refractivity contribution in [2.75, 3.05) is 0 Å². The Balaban J connectivity index is 1.48. The van der Waals surface area contributed by atoms with Gasteiger partial charge < -0.3 is 16.0 Å². The lowest BCUT2D eigenvalue weighted by Crippen LogP contribution is -2.52. The number of nitrogens with one attached hydrogen (secondary N) is 2. The fourth-order valence-electron chi connectivity index (χ4n) is 4.50. The van der Waals surface area contributed by atoms with Crippen molar-refractivity contribution in [2.45, 2.75) is 69.7 Å². The Morgan fingerprint density at radius 1 is 1.19 bits per heavy atom. The third kappa shape index (κ3) is 3.61. The molecule has 2 fully saturated rings. The average Bonchev–Trinajstić information content (AvgIpc) is 2.97. The highest BCUT2D eigenvalue weighted by Crippen LogP contribution is 2.30. The summed E-state index contributed by atoms with van der Waals surface area (Å²) in [6.45, 7) is 1.04. The number of hydrogen-bond acceptors (Lipinski definition) is 5. The minimum atomic E-state index is -0.570. The number of carbonyl (C=O) groups is 3. The molecule has 1 saturated heterocycles. The first-order chi connectivity index (χ1) is 13.0. The van der Waals surface area contributed by atoms with Gasteiger partial charge in [0.25, 0.3) is 5.91 Å². The van der Waals surface area contributed by atoms with Gasteiger partial charge in [0.2, 0.25) is 11.8 Å². The molecule has 2 aliphatic heterocycles. The molecular formula is C20H26N4O3. The second-order valence-electron chi connectivity index (χ2n) is 7.86. The van der Waals surface area contributed by atoms with Gasteiger partial charge in [0, 0.05) is 37.2 Å². The van der Waals surface area contributed by atoms with Crippen LogP contribution in [0.2, 0.25) is 0 Å². The van der Waals surface area contributed by atoms with E-state index < -0.39 is 6.04 Å². The van der Waals surface area contributed by atoms with Gasteiger partial charge in [-0.15, -0.1) is 0 Å². The number of hydrogen-bond donors (Lipinski definition) is 3. The lowest BCUT2D eigenvalue weighted by Gasteiger charge is -2.29. The Labute approximate surface area is 158 Å². The molecule has 1 aromatic rings. The van der Waals surface area contributed by atoms with E-state index in [1.54, 1.807) is 4.90 Å². The zero-order valence-electron chi connectivity index (χ0n) is 15.4. The molecule has 4 rings (SSSR count). The average molecular weight is 370 g/mol. The van der Waals surface area contributed by atoms with Gasteiger partial charge in [-0.3, -0.25) is 19.7 Å². The smallest absolute Gasteiger partial charge is 0.255 e. The number of fused-ring (bicyclic) bond motifs is 1. The van der Waals surface area contributed by atoms with Crippen LogP contribution in [0.15, 0.2) is 18.2 Å². The Hall–Kier alpha value is -2.25. The maximum Gasteiger partial charge on any atom is 0.255 e. The molecule has 1 unspecified atom stereocenters. The van der Waals surface area contributed by atoms with E-state index >= 15 is 0 Å². The lowest BCUT2D eigenvalue weighted by molar-refractivity contribution is -0.136. The van der Waals surface area contributed by atoms with E-state index in [1.165, 1.54) is 0 Å². The molecule has 7 nitrogen and oxygen atoms in total. The number of amides is 3. The number of imide groups is 1. The van der Waals surface area contributed by atoms with Gasteiger partial charge in [0.15, 0.2) is 0 Å². The molecule has 1 saturated carbocycles. The monoisotopic (exact) mass is 370 g/mol. The Bertz CT molecular complexity index is 778. The van der Waals surface area contributed by atoms with Gasteiger partial charge in [-0.1, -0.05) is 24.6 Å². The van der Waals surface area contributed by atoms with Crippen molar-refractivity contribution in [1.82, 2.24) is 15.5 Å². The van der Waals surface area contributed by atoms with E-state index in [2.05, 4.69) is 10.6 Å². The summed E-state index contributed by atoms with van der Waals surface area (Å²) < 4.78 is 0. The SMILES string of the molecule is N[C@@H]1CCC[C@H](NCc2cccc3c2C(=O)N(C2CCC(=O)NC2=O)C3)C1. The Kier molecular flexibility index (Phi) is 4.97. The minimum Gasteiger partial charge on any atom is -0.328 e. The zero-order chi connectivity index (χ0) is 19.0. The molecule has 3 atom stereocenters. The van der Waals surface area contributed by atoms with Crippen LogP contribution in [0.1, 0.15) is 60.0 Å². The summed E-state index contributed by atoms with van der Waals surface area (Å²) >= 11 is 0. The fourth-order valence-corrected chi connectivity index (χ4v) is 4.50. The normalized spacial score (nSPS) is 28.3. The molecule has 27 heavy (non-hydrogen) atoms. The Morgan fingerprint density at radius 2 is 2.04 bits per heavy atom. The molecular weight excluding hydrogens is 344 g/mol. The van der Waals surface area contributed by atoms with Crippen LogP contribution in [0, 0.1) is 0 Å². The van der Waals surface area contributed by atoms with Gasteiger partial charge in [-0.05, 0) is 36.8 Å². The number of benzene rings is 1. The first-order valence-corrected chi connectivity index (χ1v) is 9.77. The van der Waals surface area contributed by atoms with Gasteiger partial charge in [-0.2, -0.15) is 0 Å². The predicted molar refractivity (Wildman–Crippen MR) is 99.6 cm³/mol. The second-order valence-corrected chi connectivity index (χ2v) is 7.86. The molecule has 2 heterocycles. The largest absolute Gasteiger partial charge is 0.328 e. The van der Waals surface area contributed by atoms with E-state index in [9.17, 15) is 14.4 Å². The molecule has 0 aromatic heterocycles. The van der Waals surface area contributed by atoms with Gasteiger partial charge in [-0.25, -0.2) is 0 Å². The van der Waals surface area contributed by atoms with Crippen LogP contribution in [0.3, 0.4) is 0 Å². The molecule has 0 radical (unpaired) electrons. The first-order valence-electron chi connectivity index (χ1n) is 9.77. The third-order valence-corrected chi connectivity index (χ3v) is 5.93. The van der Waals surface area contributed by atoms with E-state index in [0.29, 0.717) is 31.1 Å². The van der Waals surface area contributed by atoms with Crippen LogP contribution in [0.25, 0.3) is 0 Å². The van der Waals surface area contributed by atoms with Gasteiger partial charge in [0.1, 0.15) is 6.04 Å². The highest BCUT2D eigenvalue weighted by molar-refractivity contribution is 6.05. The highest BCUT2D eigenvalue weighted by atomic mass is 16.2. The molecule has 0 bridgehead atoms. The first kappa shape index (κ1) is 18.1. The summed E-state index contributed by atoms with van der Waals surface area (Å²) in [7, 11) is 0. The molecule has 0 spiro atoms. The van der Waals surface area contributed by atoms with E-state index in [-0.39, 0.29) is 30.2 Å². The summed E-state index contributed by atoms with van der Waals surface area (Å²) in [6.07, 6.45) is 4.95. The molecule has 1 aliphatic carbocycles. The van der Waals surface area contributed by atoms with E-state index in [4.69, 9.17) is 5.73 Å². The molecule has 3 amide bonds. The van der Waals surface area contributed by atoms with E-state index in [1.807, 2.05) is 18.2 Å². The Morgan fingerprint density at radius 3 is 2.81 bits per heavy atom. The molecule has 7 heteroatoms. The van der Waals surface area contributed by atoms with Crippen molar-refractivity contribution in [2.24, 2.45) is 5.73 Å². The lowest BCUT2D eigenvalue weighted by atomic mass is 9.91. The van der Waals surface area contributed by atoms with Crippen LogP contribution < -0.4 is 16.4 Å². The number of carbonyl (C=O) groups excluding carboxylic acids is 3. The summed E-state index contributed by atoms with van der Waals surface area (Å²) in [5.41, 5.74) is 8.68. The molecule has 1 aromatic carbocycles. The maximum absolute atomic E-state index is 13.1. The summed E-state index contributed by atoms with van der Waals surface area (Å²) in [5.74, 6) is -0.753. The standard InChI is InChI=1S/C20H26N4O3/c21-14-5-2-6-15(9-14)22-10-12-3-1-4-13-11-24(20(27)18(12)13)16-7-8-17(25)23-19(16)26/h1,3-4,14-16,22H,2,5-11,21H2,(H,23,25,26)/t14-,15+,16?/m1/s1. The molecule has 4 N–H and O–H groups in total. The van der Waals surface area contributed by atoms with Crippen molar-refractivity contribution >= 4 is 17.7 Å². The van der Waals surface area contributed by atoms with Crippen molar-refractivity contribution in [1.29, 1.82) is 0 Å². The fraction of sp³-hybridized carbons (Fsp3) is 0.550. The van der Waals surface area contributed by atoms with E-state index in [0.717, 1.165) is 36.8 Å². The highest BCUT2D eigenvalue weighted by Gasteiger charge is 2.39. The van der Waals surface area contributed by atoms with Gasteiger partial charge in [0.05, 0.1) is 0 Å². The summed E-state index contributed by atoms with van der Waals surface area (Å²) in [4.78, 5) is 38.2. The summed E-state index contributed by atoms with van der Waals surface area (Å²) in [6, 6.07) is 5.94. The maximum atomic E-state index is 13.1. The number of nitrogens with two attached hydrogens (primary N) is 1. The summed E-state index contributed by atoms with van der Waals surface area (Å²) in [5, 5.41) is 5.90. The molecule has 3 aliphatic rings. The van der Waals surface area contributed by atoms with Gasteiger partial charge >= 0.3 is 0 Å². The second kappa shape index (κ2) is 7.40. The minimum absolute atomic E-state index is 0.114. The number of rotatable bonds is 4. The van der Waals surface area contributed by atoms with Crippen LogP contribution in [-0.4, -0.2) is 40.7 Å². The van der Waals surface area contributed by atoms with Crippen molar-refractivity contribution in [3.05, 3.63) is 34.9 Å². The van der Waals surface area contributed by atoms with Crippen molar-refractivity contribution in [3.63, 3.8) is 0 Å². The van der Waals surface area contributed by atoms with Crippen LogP contribution in [-0.2, 0) is 22.7 Å². The van der Waals surface area contributed by atoms with Crippen molar-refractivity contribution in [3.8, 4) is 0 Å². The molecule has 144 valence electrons. The van der Waals surface area contributed by atoms with Crippen LogP contribution >= 0.6 is 0 Å². The number of piperidine rings is 1. The van der Waals surface area contributed by atoms with Crippen LogP contribution in [0.5, 0.6) is 0 Å². The predicted octanol–water partition coefficient (Wildman–Crippen LogP) is 0.807. The quantitative estimate of drug-likeness (QED) is 0.680. The third-order valence-electron chi connectivity index (χ3n) is 5.93. The zero-order valence-corrected chi connectivity index (χ0v) is 15.4.